The molecule has 0 radical (unpaired) electrons. The Labute approximate surface area is 85.8 Å². The lowest BCUT2D eigenvalue weighted by molar-refractivity contribution is -0.131. The van der Waals surface area contributed by atoms with Gasteiger partial charge >= 0.3 is 0 Å². The topological polar surface area (TPSA) is 32.3 Å². The van der Waals surface area contributed by atoms with Gasteiger partial charge in [-0.05, 0) is 31.6 Å². The Morgan fingerprint density at radius 3 is 2.43 bits per heavy atom. The predicted molar refractivity (Wildman–Crippen MR) is 55.7 cm³/mol. The van der Waals surface area contributed by atoms with Gasteiger partial charge in [0, 0.05) is 6.04 Å². The van der Waals surface area contributed by atoms with E-state index in [0.717, 1.165) is 12.6 Å². The zero-order valence-corrected chi connectivity index (χ0v) is 9.29. The highest BCUT2D eigenvalue weighted by atomic mass is 16.2. The number of rotatable bonds is 1. The highest BCUT2D eigenvalue weighted by Crippen LogP contribution is 2.35. The van der Waals surface area contributed by atoms with Crippen LogP contribution in [0.25, 0.3) is 0 Å². The van der Waals surface area contributed by atoms with Crippen molar-refractivity contribution in [3.05, 3.63) is 0 Å². The summed E-state index contributed by atoms with van der Waals surface area (Å²) < 4.78 is 0. The van der Waals surface area contributed by atoms with Crippen LogP contribution in [0.5, 0.6) is 0 Å². The maximum atomic E-state index is 11.8. The molecule has 4 unspecified atom stereocenters. The van der Waals surface area contributed by atoms with Gasteiger partial charge < -0.3 is 4.90 Å². The SMILES string of the molecule is CC1NCN(C2CCC(C)C2C)C1=O. The molecule has 1 aliphatic heterocycles. The lowest BCUT2D eigenvalue weighted by atomic mass is 9.97. The molecule has 1 aliphatic carbocycles. The van der Waals surface area contributed by atoms with Crippen molar-refractivity contribution in [1.82, 2.24) is 10.2 Å². The van der Waals surface area contributed by atoms with Crippen molar-refractivity contribution in [3.8, 4) is 0 Å². The molecular weight excluding hydrogens is 176 g/mol. The average Bonchev–Trinajstić information content (AvgIpc) is 2.63. The minimum absolute atomic E-state index is 0.0260. The van der Waals surface area contributed by atoms with Crippen LogP contribution in [0, 0.1) is 11.8 Å². The highest BCUT2D eigenvalue weighted by Gasteiger charge is 2.39. The van der Waals surface area contributed by atoms with Gasteiger partial charge in [0.05, 0.1) is 12.7 Å². The second-order valence-corrected chi connectivity index (χ2v) is 4.87. The van der Waals surface area contributed by atoms with Crippen LogP contribution in [0.15, 0.2) is 0 Å². The third kappa shape index (κ3) is 1.44. The molecule has 0 bridgehead atoms. The molecule has 2 fully saturated rings. The normalized spacial score (nSPS) is 43.6. The first-order chi connectivity index (χ1) is 6.61. The van der Waals surface area contributed by atoms with Crippen LogP contribution in [0.3, 0.4) is 0 Å². The van der Waals surface area contributed by atoms with E-state index in [1.54, 1.807) is 0 Å². The maximum absolute atomic E-state index is 11.8. The van der Waals surface area contributed by atoms with Crippen molar-refractivity contribution in [3.63, 3.8) is 0 Å². The van der Waals surface area contributed by atoms with E-state index in [1.165, 1.54) is 12.8 Å². The Balaban J connectivity index is 2.06. The molecule has 3 heteroatoms. The zero-order chi connectivity index (χ0) is 10.3. The molecular formula is C11H20N2O. The van der Waals surface area contributed by atoms with Crippen molar-refractivity contribution in [1.29, 1.82) is 0 Å². The lowest BCUT2D eigenvalue weighted by Gasteiger charge is -2.28. The summed E-state index contributed by atoms with van der Waals surface area (Å²) in [6.07, 6.45) is 2.45. The van der Waals surface area contributed by atoms with Gasteiger partial charge in [-0.3, -0.25) is 10.1 Å². The molecule has 2 rings (SSSR count). The molecule has 0 aromatic rings. The number of carbonyl (C=O) groups excluding carboxylic acids is 1. The first kappa shape index (κ1) is 9.97. The molecule has 1 saturated heterocycles. The molecule has 0 aromatic heterocycles. The second kappa shape index (κ2) is 3.54. The molecule has 80 valence electrons. The Bertz CT molecular complexity index is 241. The molecule has 1 amide bonds. The molecule has 14 heavy (non-hydrogen) atoms. The summed E-state index contributed by atoms with van der Waals surface area (Å²) in [4.78, 5) is 13.8. The number of hydrogen-bond donors (Lipinski definition) is 1. The predicted octanol–water partition coefficient (Wildman–Crippen LogP) is 1.20. The highest BCUT2D eigenvalue weighted by molar-refractivity contribution is 5.83. The molecule has 0 spiro atoms. The van der Waals surface area contributed by atoms with Crippen LogP contribution in [-0.4, -0.2) is 29.6 Å². The fourth-order valence-corrected chi connectivity index (χ4v) is 2.71. The van der Waals surface area contributed by atoms with Gasteiger partial charge in [0.2, 0.25) is 5.91 Å². The van der Waals surface area contributed by atoms with Gasteiger partial charge in [0.25, 0.3) is 0 Å². The minimum Gasteiger partial charge on any atom is -0.325 e. The van der Waals surface area contributed by atoms with Gasteiger partial charge in [-0.1, -0.05) is 13.8 Å². The first-order valence-corrected chi connectivity index (χ1v) is 5.65. The second-order valence-electron chi connectivity index (χ2n) is 4.87. The van der Waals surface area contributed by atoms with E-state index in [4.69, 9.17) is 0 Å². The molecule has 3 nitrogen and oxygen atoms in total. The van der Waals surface area contributed by atoms with Gasteiger partial charge in [-0.15, -0.1) is 0 Å². The van der Waals surface area contributed by atoms with Crippen LogP contribution in [0.1, 0.15) is 33.6 Å². The van der Waals surface area contributed by atoms with Gasteiger partial charge in [-0.25, -0.2) is 0 Å². The summed E-state index contributed by atoms with van der Waals surface area (Å²) in [7, 11) is 0. The minimum atomic E-state index is 0.0260. The number of hydrogen-bond acceptors (Lipinski definition) is 2. The molecule has 4 atom stereocenters. The summed E-state index contributed by atoms with van der Waals surface area (Å²) >= 11 is 0. The van der Waals surface area contributed by atoms with E-state index in [2.05, 4.69) is 19.2 Å². The van der Waals surface area contributed by atoms with Crippen LogP contribution in [-0.2, 0) is 4.79 Å². The van der Waals surface area contributed by atoms with E-state index in [1.807, 2.05) is 11.8 Å². The number of nitrogens with one attached hydrogen (secondary N) is 1. The monoisotopic (exact) mass is 196 g/mol. The number of nitrogens with zero attached hydrogens (tertiary/aromatic N) is 1. The Kier molecular flexibility index (Phi) is 2.52. The largest absolute Gasteiger partial charge is 0.325 e. The van der Waals surface area contributed by atoms with E-state index in [9.17, 15) is 4.79 Å². The molecule has 0 aromatic carbocycles. The maximum Gasteiger partial charge on any atom is 0.240 e. The third-order valence-electron chi connectivity index (χ3n) is 4.04. The van der Waals surface area contributed by atoms with Crippen LogP contribution in [0.2, 0.25) is 0 Å². The third-order valence-corrected chi connectivity index (χ3v) is 4.04. The summed E-state index contributed by atoms with van der Waals surface area (Å²) in [5, 5.41) is 3.21. The summed E-state index contributed by atoms with van der Waals surface area (Å²) in [5.41, 5.74) is 0. The van der Waals surface area contributed by atoms with Crippen molar-refractivity contribution in [2.24, 2.45) is 11.8 Å². The Hall–Kier alpha value is -0.570. The zero-order valence-electron chi connectivity index (χ0n) is 9.29. The van der Waals surface area contributed by atoms with Gasteiger partial charge in [0.1, 0.15) is 0 Å². The van der Waals surface area contributed by atoms with Crippen LogP contribution in [0.4, 0.5) is 0 Å². The molecule has 2 aliphatic rings. The number of amides is 1. The first-order valence-electron chi connectivity index (χ1n) is 5.65. The summed E-state index contributed by atoms with van der Waals surface area (Å²) in [5.74, 6) is 1.71. The van der Waals surface area contributed by atoms with E-state index in [-0.39, 0.29) is 11.9 Å². The number of carbonyl (C=O) groups is 1. The van der Waals surface area contributed by atoms with E-state index < -0.39 is 0 Å². The van der Waals surface area contributed by atoms with Crippen LogP contribution >= 0.6 is 0 Å². The summed E-state index contributed by atoms with van der Waals surface area (Å²) in [6.45, 7) is 7.27. The van der Waals surface area contributed by atoms with Crippen LogP contribution < -0.4 is 5.32 Å². The fraction of sp³-hybridized carbons (Fsp3) is 0.909. The Morgan fingerprint density at radius 2 is 2.00 bits per heavy atom. The molecule has 1 heterocycles. The average molecular weight is 196 g/mol. The van der Waals surface area contributed by atoms with Crippen molar-refractivity contribution >= 4 is 5.91 Å². The van der Waals surface area contributed by atoms with Gasteiger partial charge in [0.15, 0.2) is 0 Å². The lowest BCUT2D eigenvalue weighted by Crippen LogP contribution is -2.40. The van der Waals surface area contributed by atoms with Crippen molar-refractivity contribution < 1.29 is 4.79 Å². The van der Waals surface area contributed by atoms with E-state index >= 15 is 0 Å². The van der Waals surface area contributed by atoms with Crippen molar-refractivity contribution in [2.75, 3.05) is 6.67 Å². The van der Waals surface area contributed by atoms with Crippen molar-refractivity contribution in [2.45, 2.75) is 45.7 Å². The smallest absolute Gasteiger partial charge is 0.240 e. The molecule has 1 N–H and O–H groups in total. The standard InChI is InChI=1S/C11H20N2O/c1-7-4-5-10(8(7)2)13-6-12-9(3)11(13)14/h7-10,12H,4-6H2,1-3H3. The fourth-order valence-electron chi connectivity index (χ4n) is 2.71. The van der Waals surface area contributed by atoms with Gasteiger partial charge in [-0.2, -0.15) is 0 Å². The summed E-state index contributed by atoms with van der Waals surface area (Å²) in [6, 6.07) is 0.507. The quantitative estimate of drug-likeness (QED) is 0.683. The van der Waals surface area contributed by atoms with E-state index in [0.29, 0.717) is 12.0 Å². The molecule has 1 saturated carbocycles. The Morgan fingerprint density at radius 1 is 1.29 bits per heavy atom.